The van der Waals surface area contributed by atoms with Crippen LogP contribution < -0.4 is 5.32 Å². The van der Waals surface area contributed by atoms with Gasteiger partial charge in [0.05, 0.1) is 5.54 Å². The second-order valence-corrected chi connectivity index (χ2v) is 4.83. The third kappa shape index (κ3) is 0.901. The highest BCUT2D eigenvalue weighted by Gasteiger charge is 2.61. The van der Waals surface area contributed by atoms with Crippen LogP contribution in [0.3, 0.4) is 0 Å². The molecule has 2 fully saturated rings. The molecule has 72 valence electrons. The van der Waals surface area contributed by atoms with Crippen LogP contribution in [0.4, 0.5) is 0 Å². The molecule has 2 unspecified atom stereocenters. The zero-order chi connectivity index (χ0) is 9.69. The summed E-state index contributed by atoms with van der Waals surface area (Å²) in [6.07, 6.45) is 3.41. The van der Waals surface area contributed by atoms with Crippen molar-refractivity contribution in [3.05, 3.63) is 0 Å². The number of carbonyl (C=O) groups is 2. The van der Waals surface area contributed by atoms with Crippen molar-refractivity contribution in [2.24, 2.45) is 11.3 Å². The number of nitrogens with one attached hydrogen (secondary N) is 1. The van der Waals surface area contributed by atoms with E-state index in [2.05, 4.69) is 5.32 Å². The third-order valence-electron chi connectivity index (χ3n) is 3.89. The minimum atomic E-state index is -0.504. The average molecular weight is 181 g/mol. The quantitative estimate of drug-likeness (QED) is 0.643. The number of hydrogen-bond donors (Lipinski definition) is 1. The first kappa shape index (κ1) is 8.73. The van der Waals surface area contributed by atoms with Gasteiger partial charge in [0.15, 0.2) is 5.78 Å². The molecule has 0 saturated heterocycles. The minimum absolute atomic E-state index is 0.225. The van der Waals surface area contributed by atoms with E-state index in [1.54, 1.807) is 0 Å². The van der Waals surface area contributed by atoms with E-state index < -0.39 is 5.54 Å². The molecule has 0 spiro atoms. The fourth-order valence-corrected chi connectivity index (χ4v) is 2.98. The van der Waals surface area contributed by atoms with Crippen molar-refractivity contribution in [3.63, 3.8) is 0 Å². The monoisotopic (exact) mass is 181 g/mol. The predicted octanol–water partition coefficient (Wildman–Crippen LogP) is 0.880. The lowest BCUT2D eigenvalue weighted by molar-refractivity contribution is -0.134. The third-order valence-corrected chi connectivity index (χ3v) is 3.89. The predicted molar refractivity (Wildman–Crippen MR) is 48.1 cm³/mol. The SMILES string of the molecule is CC1(C)C(=O)C2(NC=O)CCC1C2. The van der Waals surface area contributed by atoms with Crippen LogP contribution in [0, 0.1) is 11.3 Å². The summed E-state index contributed by atoms with van der Waals surface area (Å²) in [5.41, 5.74) is -0.732. The highest BCUT2D eigenvalue weighted by atomic mass is 16.1. The average Bonchev–Trinajstić information content (AvgIpc) is 2.55. The number of hydrogen-bond acceptors (Lipinski definition) is 2. The van der Waals surface area contributed by atoms with E-state index in [1.807, 2.05) is 13.8 Å². The summed E-state index contributed by atoms with van der Waals surface area (Å²) < 4.78 is 0. The standard InChI is InChI=1S/C10H15NO2/c1-9(2)7-3-4-10(5-7,8(9)13)11-6-12/h6-7H,3-5H2,1-2H3,(H,11,12). The molecule has 3 heteroatoms. The van der Waals surface area contributed by atoms with E-state index in [-0.39, 0.29) is 11.2 Å². The summed E-state index contributed by atoms with van der Waals surface area (Å²) in [4.78, 5) is 22.4. The Labute approximate surface area is 77.9 Å². The lowest BCUT2D eigenvalue weighted by Gasteiger charge is -2.32. The van der Waals surface area contributed by atoms with Crippen LogP contribution in [0.15, 0.2) is 0 Å². The Kier molecular flexibility index (Phi) is 1.57. The molecule has 2 atom stereocenters. The van der Waals surface area contributed by atoms with Gasteiger partial charge in [-0.05, 0) is 25.2 Å². The number of fused-ring (bicyclic) bond motifs is 2. The molecule has 2 rings (SSSR count). The topological polar surface area (TPSA) is 46.2 Å². The molecule has 1 amide bonds. The van der Waals surface area contributed by atoms with E-state index in [1.165, 1.54) is 0 Å². The first-order valence-corrected chi connectivity index (χ1v) is 4.79. The fourth-order valence-electron chi connectivity index (χ4n) is 2.98. The fraction of sp³-hybridized carbons (Fsp3) is 0.800. The van der Waals surface area contributed by atoms with Crippen LogP contribution in [0.25, 0.3) is 0 Å². The van der Waals surface area contributed by atoms with Crippen molar-refractivity contribution in [3.8, 4) is 0 Å². The Hall–Kier alpha value is -0.860. The van der Waals surface area contributed by atoms with E-state index >= 15 is 0 Å². The highest BCUT2D eigenvalue weighted by molar-refractivity contribution is 5.98. The molecule has 13 heavy (non-hydrogen) atoms. The molecule has 2 aliphatic rings. The summed E-state index contributed by atoms with van der Waals surface area (Å²) in [5, 5.41) is 2.72. The molecular weight excluding hydrogens is 166 g/mol. The van der Waals surface area contributed by atoms with E-state index in [4.69, 9.17) is 0 Å². The Morgan fingerprint density at radius 3 is 2.69 bits per heavy atom. The van der Waals surface area contributed by atoms with Crippen molar-refractivity contribution in [2.45, 2.75) is 38.6 Å². The van der Waals surface area contributed by atoms with Gasteiger partial charge in [0, 0.05) is 5.41 Å². The first-order chi connectivity index (χ1) is 6.03. The molecule has 0 heterocycles. The van der Waals surface area contributed by atoms with Crippen LogP contribution in [0.2, 0.25) is 0 Å². The molecule has 2 aliphatic carbocycles. The van der Waals surface area contributed by atoms with Gasteiger partial charge in [0.25, 0.3) is 0 Å². The summed E-state index contributed by atoms with van der Waals surface area (Å²) >= 11 is 0. The zero-order valence-electron chi connectivity index (χ0n) is 8.09. The van der Waals surface area contributed by atoms with E-state index in [0.29, 0.717) is 12.3 Å². The molecule has 0 aromatic carbocycles. The van der Waals surface area contributed by atoms with Gasteiger partial charge in [-0.25, -0.2) is 0 Å². The number of ketones is 1. The van der Waals surface area contributed by atoms with Crippen molar-refractivity contribution >= 4 is 12.2 Å². The Morgan fingerprint density at radius 1 is 1.54 bits per heavy atom. The van der Waals surface area contributed by atoms with Gasteiger partial charge in [-0.15, -0.1) is 0 Å². The zero-order valence-corrected chi connectivity index (χ0v) is 8.09. The van der Waals surface area contributed by atoms with Crippen molar-refractivity contribution in [1.82, 2.24) is 5.32 Å². The second kappa shape index (κ2) is 2.34. The Bertz CT molecular complexity index is 272. The van der Waals surface area contributed by atoms with Crippen LogP contribution >= 0.6 is 0 Å². The van der Waals surface area contributed by atoms with Gasteiger partial charge >= 0.3 is 0 Å². The lowest BCUT2D eigenvalue weighted by Crippen LogP contribution is -2.51. The molecule has 2 saturated carbocycles. The maximum Gasteiger partial charge on any atom is 0.207 e. The Balaban J connectivity index is 2.34. The van der Waals surface area contributed by atoms with Gasteiger partial charge in [0.1, 0.15) is 0 Å². The molecule has 0 aromatic heterocycles. The molecule has 1 N–H and O–H groups in total. The van der Waals surface area contributed by atoms with Crippen LogP contribution in [0.1, 0.15) is 33.1 Å². The summed E-state index contributed by atoms with van der Waals surface area (Å²) in [5.74, 6) is 0.691. The van der Waals surface area contributed by atoms with Gasteiger partial charge in [-0.1, -0.05) is 13.8 Å². The molecule has 0 radical (unpaired) electrons. The van der Waals surface area contributed by atoms with Crippen LogP contribution in [-0.4, -0.2) is 17.7 Å². The van der Waals surface area contributed by atoms with Gasteiger partial charge < -0.3 is 5.32 Å². The highest BCUT2D eigenvalue weighted by Crippen LogP contribution is 2.54. The second-order valence-electron chi connectivity index (χ2n) is 4.83. The molecule has 2 bridgehead atoms. The summed E-state index contributed by atoms with van der Waals surface area (Å²) in [7, 11) is 0. The Morgan fingerprint density at radius 2 is 2.23 bits per heavy atom. The summed E-state index contributed by atoms with van der Waals surface area (Å²) in [6.45, 7) is 3.99. The van der Waals surface area contributed by atoms with Crippen molar-refractivity contribution in [1.29, 1.82) is 0 Å². The van der Waals surface area contributed by atoms with Crippen molar-refractivity contribution in [2.75, 3.05) is 0 Å². The summed E-state index contributed by atoms with van der Waals surface area (Å²) in [6, 6.07) is 0. The largest absolute Gasteiger partial charge is 0.346 e. The van der Waals surface area contributed by atoms with Gasteiger partial charge in [0.2, 0.25) is 6.41 Å². The van der Waals surface area contributed by atoms with Crippen LogP contribution in [-0.2, 0) is 9.59 Å². The molecular formula is C10H15NO2. The van der Waals surface area contributed by atoms with E-state index in [9.17, 15) is 9.59 Å². The minimum Gasteiger partial charge on any atom is -0.346 e. The van der Waals surface area contributed by atoms with Crippen molar-refractivity contribution < 1.29 is 9.59 Å². The number of Topliss-reactive ketones (excluding diaryl/α,β-unsaturated/α-hetero) is 1. The number of amides is 1. The molecule has 3 nitrogen and oxygen atoms in total. The van der Waals surface area contributed by atoms with Gasteiger partial charge in [-0.3, -0.25) is 9.59 Å². The van der Waals surface area contributed by atoms with E-state index in [0.717, 1.165) is 19.3 Å². The number of rotatable bonds is 2. The first-order valence-electron chi connectivity index (χ1n) is 4.79. The van der Waals surface area contributed by atoms with Crippen LogP contribution in [0.5, 0.6) is 0 Å². The molecule has 0 aromatic rings. The lowest BCUT2D eigenvalue weighted by atomic mass is 9.74. The van der Waals surface area contributed by atoms with Gasteiger partial charge in [-0.2, -0.15) is 0 Å². The normalized spacial score (nSPS) is 40.8. The maximum absolute atomic E-state index is 12.0. The number of carbonyl (C=O) groups excluding carboxylic acids is 2. The molecule has 0 aliphatic heterocycles. The smallest absolute Gasteiger partial charge is 0.207 e. The maximum atomic E-state index is 12.0.